The van der Waals surface area contributed by atoms with Gasteiger partial charge in [-0.25, -0.2) is 4.98 Å². The van der Waals surface area contributed by atoms with Crippen LogP contribution in [0.15, 0.2) is 18.2 Å². The summed E-state index contributed by atoms with van der Waals surface area (Å²) in [6.45, 7) is 6.70. The predicted octanol–water partition coefficient (Wildman–Crippen LogP) is 3.11. The Hall–Kier alpha value is -3.60. The van der Waals surface area contributed by atoms with Crippen molar-refractivity contribution in [3.63, 3.8) is 0 Å². The first-order valence-corrected chi connectivity index (χ1v) is 10.8. The van der Waals surface area contributed by atoms with Crippen LogP contribution >= 0.6 is 0 Å². The predicted molar refractivity (Wildman–Crippen MR) is 123 cm³/mol. The van der Waals surface area contributed by atoms with E-state index in [1.807, 2.05) is 4.90 Å². The molecule has 8 nitrogen and oxygen atoms in total. The number of hydrogen-bond acceptors (Lipinski definition) is 6. The fourth-order valence-electron chi connectivity index (χ4n) is 4.54. The second kappa shape index (κ2) is 10.1. The summed E-state index contributed by atoms with van der Waals surface area (Å²) in [6, 6.07) is 8.71. The molecule has 1 aromatic carbocycles. The number of carbonyl (C=O) groups excluding carboxylic acids is 1. The average molecular weight is 436 g/mol. The summed E-state index contributed by atoms with van der Waals surface area (Å²) >= 11 is 0. The van der Waals surface area contributed by atoms with E-state index in [0.717, 1.165) is 41.0 Å². The molecule has 0 radical (unpaired) electrons. The van der Waals surface area contributed by atoms with Crippen LogP contribution in [0.1, 0.15) is 48.6 Å². The number of carbonyl (C=O) groups is 2. The zero-order valence-electron chi connectivity index (χ0n) is 18.6. The van der Waals surface area contributed by atoms with Crippen LogP contribution in [-0.4, -0.2) is 47.0 Å². The van der Waals surface area contributed by atoms with Gasteiger partial charge in [-0.1, -0.05) is 6.07 Å². The van der Waals surface area contributed by atoms with Crippen molar-refractivity contribution in [1.29, 1.82) is 5.26 Å². The number of piperidine rings is 1. The molecule has 0 aliphatic carbocycles. The van der Waals surface area contributed by atoms with Crippen molar-refractivity contribution in [3.05, 3.63) is 40.6 Å². The highest BCUT2D eigenvalue weighted by atomic mass is 16.3. The molecule has 3 N–H and O–H groups in total. The van der Waals surface area contributed by atoms with E-state index in [-0.39, 0.29) is 18.2 Å². The van der Waals surface area contributed by atoms with Crippen LogP contribution in [0, 0.1) is 18.3 Å². The molecule has 32 heavy (non-hydrogen) atoms. The Morgan fingerprint density at radius 1 is 1.25 bits per heavy atom. The minimum Gasteiger partial charge on any atom is -0.483 e. The first-order chi connectivity index (χ1) is 15.4. The van der Waals surface area contributed by atoms with Crippen molar-refractivity contribution in [2.24, 2.45) is 0 Å². The summed E-state index contributed by atoms with van der Waals surface area (Å²) in [5.74, 6) is 0.311. The van der Waals surface area contributed by atoms with E-state index in [1.54, 1.807) is 6.92 Å². The second-order valence-electron chi connectivity index (χ2n) is 8.13. The molecule has 1 saturated heterocycles. The van der Waals surface area contributed by atoms with Gasteiger partial charge in [0.25, 0.3) is 6.47 Å². The van der Waals surface area contributed by atoms with Gasteiger partial charge in [-0.05, 0) is 49.4 Å². The molecule has 2 aliphatic rings. The standard InChI is InChI=1S/C23H27N5O.CH2O2/c1-15-12-17(27-9-4-3-5-10-27)6-7-18(15)22-19(13-24)23(25)26-21-8-11-28(16(2)29)14-20(21)22;2-1-3/h6-7,12H,3-5,8-11,14H2,1-2H3,(H2,25,26);1H,(H,2,3). The van der Waals surface area contributed by atoms with Gasteiger partial charge >= 0.3 is 0 Å². The van der Waals surface area contributed by atoms with Crippen molar-refractivity contribution in [2.75, 3.05) is 30.3 Å². The van der Waals surface area contributed by atoms with Crippen molar-refractivity contribution in [1.82, 2.24) is 9.88 Å². The number of amides is 1. The van der Waals surface area contributed by atoms with Crippen molar-refractivity contribution in [2.45, 2.75) is 46.1 Å². The Morgan fingerprint density at radius 3 is 2.53 bits per heavy atom. The van der Waals surface area contributed by atoms with Gasteiger partial charge in [-0.2, -0.15) is 5.26 Å². The summed E-state index contributed by atoms with van der Waals surface area (Å²) < 4.78 is 0. The Bertz CT molecular complexity index is 1050. The molecule has 4 rings (SSSR count). The minimum atomic E-state index is -0.250. The largest absolute Gasteiger partial charge is 0.483 e. The normalized spacial score (nSPS) is 15.2. The number of aryl methyl sites for hydroxylation is 1. The van der Waals surface area contributed by atoms with E-state index < -0.39 is 0 Å². The van der Waals surface area contributed by atoms with Gasteiger partial charge in [-0.15, -0.1) is 0 Å². The number of pyridine rings is 1. The molecule has 8 heteroatoms. The molecule has 3 heterocycles. The van der Waals surface area contributed by atoms with E-state index in [4.69, 9.17) is 15.6 Å². The maximum Gasteiger partial charge on any atom is 0.290 e. The smallest absolute Gasteiger partial charge is 0.290 e. The van der Waals surface area contributed by atoms with Gasteiger partial charge in [0.2, 0.25) is 5.91 Å². The molecule has 1 aromatic heterocycles. The van der Waals surface area contributed by atoms with E-state index in [9.17, 15) is 10.1 Å². The number of anilines is 2. The van der Waals surface area contributed by atoms with E-state index in [0.29, 0.717) is 25.1 Å². The lowest BCUT2D eigenvalue weighted by molar-refractivity contribution is -0.129. The molecule has 2 aliphatic heterocycles. The first-order valence-electron chi connectivity index (χ1n) is 10.8. The number of aromatic nitrogens is 1. The molecular formula is C24H29N5O3. The summed E-state index contributed by atoms with van der Waals surface area (Å²) in [5.41, 5.74) is 12.6. The third-order valence-corrected chi connectivity index (χ3v) is 6.14. The highest BCUT2D eigenvalue weighted by Crippen LogP contribution is 2.38. The van der Waals surface area contributed by atoms with Crippen LogP contribution < -0.4 is 10.6 Å². The molecule has 0 unspecified atom stereocenters. The lowest BCUT2D eigenvalue weighted by Gasteiger charge is -2.31. The first kappa shape index (κ1) is 23.1. The number of nitrogen functional groups attached to an aromatic ring is 1. The Labute approximate surface area is 188 Å². The van der Waals surface area contributed by atoms with Crippen LogP contribution in [-0.2, 0) is 22.6 Å². The van der Waals surface area contributed by atoms with E-state index in [1.165, 1.54) is 24.9 Å². The highest BCUT2D eigenvalue weighted by Gasteiger charge is 2.27. The zero-order valence-corrected chi connectivity index (χ0v) is 18.6. The Morgan fingerprint density at radius 2 is 1.94 bits per heavy atom. The monoisotopic (exact) mass is 435 g/mol. The van der Waals surface area contributed by atoms with Crippen LogP contribution in [0.5, 0.6) is 0 Å². The third-order valence-electron chi connectivity index (χ3n) is 6.14. The van der Waals surface area contributed by atoms with Crippen LogP contribution in [0.25, 0.3) is 11.1 Å². The lowest BCUT2D eigenvalue weighted by atomic mass is 9.88. The van der Waals surface area contributed by atoms with Gasteiger partial charge in [0.05, 0.1) is 5.69 Å². The maximum atomic E-state index is 12.0. The molecule has 2 aromatic rings. The number of nitrogens with two attached hydrogens (primary N) is 1. The third kappa shape index (κ3) is 4.67. The molecule has 0 saturated carbocycles. The van der Waals surface area contributed by atoms with Gasteiger partial charge in [0.1, 0.15) is 17.5 Å². The number of fused-ring (bicyclic) bond motifs is 1. The van der Waals surface area contributed by atoms with Crippen molar-refractivity contribution < 1.29 is 14.7 Å². The number of rotatable bonds is 2. The van der Waals surface area contributed by atoms with Crippen molar-refractivity contribution >= 4 is 23.9 Å². The highest BCUT2D eigenvalue weighted by molar-refractivity contribution is 5.83. The fraction of sp³-hybridized carbons (Fsp3) is 0.417. The molecule has 0 bridgehead atoms. The molecule has 0 atom stereocenters. The van der Waals surface area contributed by atoms with Gasteiger partial charge < -0.3 is 20.6 Å². The van der Waals surface area contributed by atoms with Crippen molar-refractivity contribution in [3.8, 4) is 17.2 Å². The number of benzene rings is 1. The van der Waals surface area contributed by atoms with Crippen LogP contribution in [0.4, 0.5) is 11.5 Å². The van der Waals surface area contributed by atoms with Gasteiger partial charge in [0, 0.05) is 56.3 Å². The maximum absolute atomic E-state index is 12.0. The minimum absolute atomic E-state index is 0.0362. The van der Waals surface area contributed by atoms with Crippen LogP contribution in [0.2, 0.25) is 0 Å². The molecule has 0 spiro atoms. The number of nitrogens with zero attached hydrogens (tertiary/aromatic N) is 4. The summed E-state index contributed by atoms with van der Waals surface area (Å²) in [6.07, 6.45) is 4.42. The fourth-order valence-corrected chi connectivity index (χ4v) is 4.54. The average Bonchev–Trinajstić information content (AvgIpc) is 2.79. The van der Waals surface area contributed by atoms with Crippen LogP contribution in [0.3, 0.4) is 0 Å². The Balaban J connectivity index is 0.000000913. The SMILES string of the molecule is CC(=O)N1CCc2nc(N)c(C#N)c(-c3ccc(N4CCCCC4)cc3C)c2C1.O=CO. The second-order valence-corrected chi connectivity index (χ2v) is 8.13. The van der Waals surface area contributed by atoms with E-state index >= 15 is 0 Å². The lowest BCUT2D eigenvalue weighted by Crippen LogP contribution is -2.35. The number of carboxylic acid groups (broad SMARTS) is 1. The molecule has 168 valence electrons. The Kier molecular flexibility index (Phi) is 7.31. The van der Waals surface area contributed by atoms with Gasteiger partial charge in [0.15, 0.2) is 0 Å². The topological polar surface area (TPSA) is 124 Å². The zero-order chi connectivity index (χ0) is 23.3. The van der Waals surface area contributed by atoms with E-state index in [2.05, 4.69) is 41.1 Å². The summed E-state index contributed by atoms with van der Waals surface area (Å²) in [5, 5.41) is 16.7. The number of nitriles is 1. The van der Waals surface area contributed by atoms with Gasteiger partial charge in [-0.3, -0.25) is 9.59 Å². The summed E-state index contributed by atoms with van der Waals surface area (Å²) in [7, 11) is 0. The molecular weight excluding hydrogens is 406 g/mol. The summed E-state index contributed by atoms with van der Waals surface area (Å²) in [4.78, 5) is 29.1. The number of hydrogen-bond donors (Lipinski definition) is 2. The molecule has 1 fully saturated rings. The quantitative estimate of drug-likeness (QED) is 0.695. The molecule has 1 amide bonds.